The lowest BCUT2D eigenvalue weighted by atomic mass is 9.84. The van der Waals surface area contributed by atoms with Crippen LogP contribution in [0.3, 0.4) is 0 Å². The van der Waals surface area contributed by atoms with Gasteiger partial charge in [0.25, 0.3) is 0 Å². The summed E-state index contributed by atoms with van der Waals surface area (Å²) in [4.78, 5) is 0. The molecule has 1 fully saturated rings. The summed E-state index contributed by atoms with van der Waals surface area (Å²) in [5, 5.41) is 4.87. The molecule has 1 aromatic carbocycles. The van der Waals surface area contributed by atoms with Crippen molar-refractivity contribution < 1.29 is 0 Å². The summed E-state index contributed by atoms with van der Waals surface area (Å²) in [7, 11) is 0. The molecule has 4 unspecified atom stereocenters. The zero-order valence-corrected chi connectivity index (χ0v) is 14.5. The van der Waals surface area contributed by atoms with E-state index in [9.17, 15) is 0 Å². The van der Waals surface area contributed by atoms with Gasteiger partial charge < -0.3 is 5.32 Å². The summed E-state index contributed by atoms with van der Waals surface area (Å²) in [5.41, 5.74) is 3.18. The second-order valence-corrected chi connectivity index (χ2v) is 8.26. The lowest BCUT2D eigenvalue weighted by Crippen LogP contribution is -2.40. The first-order chi connectivity index (χ1) is 9.92. The Kier molecular flexibility index (Phi) is 4.09. The lowest BCUT2D eigenvalue weighted by molar-refractivity contribution is 0.224. The van der Waals surface area contributed by atoms with Gasteiger partial charge in [-0.1, -0.05) is 51.8 Å². The summed E-state index contributed by atoms with van der Waals surface area (Å²) in [6.07, 6.45) is 5.17. The van der Waals surface area contributed by atoms with Gasteiger partial charge in [0.1, 0.15) is 0 Å². The monoisotopic (exact) mass is 305 g/mol. The zero-order chi connectivity index (χ0) is 15.2. The summed E-state index contributed by atoms with van der Waals surface area (Å²) < 4.78 is 0. The molecule has 4 atom stereocenters. The summed E-state index contributed by atoms with van der Waals surface area (Å²) in [6, 6.07) is 7.52. The third-order valence-electron chi connectivity index (χ3n) is 5.98. The van der Waals surface area contributed by atoms with Gasteiger partial charge in [0.2, 0.25) is 0 Å². The van der Waals surface area contributed by atoms with Crippen molar-refractivity contribution in [3.63, 3.8) is 0 Å². The van der Waals surface area contributed by atoms with Crippen molar-refractivity contribution in [1.82, 2.24) is 5.32 Å². The Labute approximate surface area is 134 Å². The van der Waals surface area contributed by atoms with Crippen LogP contribution >= 0.6 is 11.6 Å². The standard InChI is InChI=1S/C19H28ClN/c1-5-13-7-9-17(12(13)2)21-18-16-10-15(20)8-6-14(16)11-19(18,3)4/h6,8,10,12-13,17-18,21H,5,7,9,11H2,1-4H3. The van der Waals surface area contributed by atoms with Gasteiger partial charge in [0.15, 0.2) is 0 Å². The van der Waals surface area contributed by atoms with E-state index >= 15 is 0 Å². The number of halogens is 1. The maximum Gasteiger partial charge on any atom is 0.0409 e. The molecule has 1 aromatic rings. The van der Waals surface area contributed by atoms with Crippen LogP contribution in [-0.2, 0) is 6.42 Å². The van der Waals surface area contributed by atoms with Crippen LogP contribution < -0.4 is 5.32 Å². The average molecular weight is 306 g/mol. The van der Waals surface area contributed by atoms with Crippen molar-refractivity contribution in [1.29, 1.82) is 0 Å². The van der Waals surface area contributed by atoms with E-state index < -0.39 is 0 Å². The first-order valence-corrected chi connectivity index (χ1v) is 8.84. The number of hydrogen-bond acceptors (Lipinski definition) is 1. The Bertz CT molecular complexity index is 522. The molecular weight excluding hydrogens is 278 g/mol. The van der Waals surface area contributed by atoms with E-state index in [2.05, 4.69) is 45.1 Å². The predicted molar refractivity (Wildman–Crippen MR) is 90.8 cm³/mol. The minimum atomic E-state index is 0.275. The summed E-state index contributed by atoms with van der Waals surface area (Å²) >= 11 is 6.24. The second-order valence-electron chi connectivity index (χ2n) is 7.82. The lowest BCUT2D eigenvalue weighted by Gasteiger charge is -2.33. The molecule has 21 heavy (non-hydrogen) atoms. The van der Waals surface area contributed by atoms with Crippen LogP contribution in [0.5, 0.6) is 0 Å². The van der Waals surface area contributed by atoms with Crippen LogP contribution in [0.25, 0.3) is 0 Å². The molecule has 3 rings (SSSR count). The smallest absolute Gasteiger partial charge is 0.0409 e. The molecule has 0 heterocycles. The highest BCUT2D eigenvalue weighted by Gasteiger charge is 2.42. The molecule has 116 valence electrons. The normalized spacial score (nSPS) is 34.1. The van der Waals surface area contributed by atoms with Gasteiger partial charge in [0.05, 0.1) is 0 Å². The number of rotatable bonds is 3. The molecule has 1 saturated carbocycles. The first-order valence-electron chi connectivity index (χ1n) is 8.46. The van der Waals surface area contributed by atoms with Crippen LogP contribution in [0.2, 0.25) is 5.02 Å². The quantitative estimate of drug-likeness (QED) is 0.790. The third-order valence-corrected chi connectivity index (χ3v) is 6.21. The molecule has 0 bridgehead atoms. The Morgan fingerprint density at radius 1 is 1.29 bits per heavy atom. The molecule has 2 aliphatic carbocycles. The van der Waals surface area contributed by atoms with Gasteiger partial charge in [0, 0.05) is 17.1 Å². The summed E-state index contributed by atoms with van der Waals surface area (Å²) in [5.74, 6) is 1.68. The average Bonchev–Trinajstić information content (AvgIpc) is 2.89. The minimum absolute atomic E-state index is 0.275. The van der Waals surface area contributed by atoms with Crippen molar-refractivity contribution in [2.45, 2.75) is 65.5 Å². The van der Waals surface area contributed by atoms with Crippen molar-refractivity contribution in [2.75, 3.05) is 0 Å². The first kappa shape index (κ1) is 15.4. The van der Waals surface area contributed by atoms with Crippen LogP contribution in [0.1, 0.15) is 64.1 Å². The molecule has 0 saturated heterocycles. The highest BCUT2D eigenvalue weighted by molar-refractivity contribution is 6.30. The van der Waals surface area contributed by atoms with Crippen molar-refractivity contribution >= 4 is 11.6 Å². The number of fused-ring (bicyclic) bond motifs is 1. The fourth-order valence-corrected chi connectivity index (χ4v) is 4.78. The molecule has 1 N–H and O–H groups in total. The van der Waals surface area contributed by atoms with Gasteiger partial charge in [-0.2, -0.15) is 0 Å². The van der Waals surface area contributed by atoms with Crippen molar-refractivity contribution in [3.05, 3.63) is 34.3 Å². The second kappa shape index (κ2) is 5.59. The molecule has 2 aliphatic rings. The van der Waals surface area contributed by atoms with Gasteiger partial charge in [-0.25, -0.2) is 0 Å². The molecule has 2 heteroatoms. The SMILES string of the molecule is CCC1CCC(NC2c3cc(Cl)ccc3CC2(C)C)C1C. The van der Waals surface area contributed by atoms with Crippen molar-refractivity contribution in [3.8, 4) is 0 Å². The fraction of sp³-hybridized carbons (Fsp3) is 0.684. The van der Waals surface area contributed by atoms with Crippen LogP contribution in [0.15, 0.2) is 18.2 Å². The van der Waals surface area contributed by atoms with E-state index in [1.807, 2.05) is 6.07 Å². The van der Waals surface area contributed by atoms with E-state index in [0.29, 0.717) is 12.1 Å². The zero-order valence-electron chi connectivity index (χ0n) is 13.7. The molecule has 0 aliphatic heterocycles. The largest absolute Gasteiger partial charge is 0.306 e. The highest BCUT2D eigenvalue weighted by atomic mass is 35.5. The van der Waals surface area contributed by atoms with Gasteiger partial charge in [-0.05, 0) is 59.8 Å². The van der Waals surface area contributed by atoms with E-state index in [1.165, 1.54) is 30.4 Å². The Morgan fingerprint density at radius 2 is 2.05 bits per heavy atom. The van der Waals surface area contributed by atoms with E-state index in [0.717, 1.165) is 23.3 Å². The van der Waals surface area contributed by atoms with Crippen LogP contribution in [-0.4, -0.2) is 6.04 Å². The summed E-state index contributed by atoms with van der Waals surface area (Å²) in [6.45, 7) is 9.53. The molecule has 0 spiro atoms. The predicted octanol–water partition coefficient (Wildman–Crippen LogP) is 5.38. The van der Waals surface area contributed by atoms with E-state index in [-0.39, 0.29) is 5.41 Å². The van der Waals surface area contributed by atoms with Gasteiger partial charge in [-0.15, -0.1) is 0 Å². The molecule has 0 amide bonds. The molecule has 1 nitrogen and oxygen atoms in total. The highest BCUT2D eigenvalue weighted by Crippen LogP contribution is 2.47. The minimum Gasteiger partial charge on any atom is -0.306 e. The number of nitrogens with one attached hydrogen (secondary N) is 1. The number of benzene rings is 1. The Balaban J connectivity index is 1.83. The van der Waals surface area contributed by atoms with Crippen molar-refractivity contribution in [2.24, 2.45) is 17.3 Å². The van der Waals surface area contributed by atoms with E-state index in [1.54, 1.807) is 0 Å². The topological polar surface area (TPSA) is 12.0 Å². The molecular formula is C19H28ClN. The maximum atomic E-state index is 6.24. The molecule has 0 aromatic heterocycles. The van der Waals surface area contributed by atoms with Gasteiger partial charge in [-0.3, -0.25) is 0 Å². The fourth-order valence-electron chi connectivity index (χ4n) is 4.60. The van der Waals surface area contributed by atoms with Gasteiger partial charge >= 0.3 is 0 Å². The Hall–Kier alpha value is -0.530. The number of hydrogen-bond donors (Lipinski definition) is 1. The maximum absolute atomic E-state index is 6.24. The van der Waals surface area contributed by atoms with Crippen LogP contribution in [0, 0.1) is 17.3 Å². The third kappa shape index (κ3) is 2.75. The van der Waals surface area contributed by atoms with Crippen LogP contribution in [0.4, 0.5) is 0 Å². The Morgan fingerprint density at radius 3 is 2.71 bits per heavy atom. The molecule has 0 radical (unpaired) electrons. The van der Waals surface area contributed by atoms with E-state index in [4.69, 9.17) is 11.6 Å².